The van der Waals surface area contributed by atoms with Crippen molar-refractivity contribution in [3.8, 4) is 11.8 Å². The quantitative estimate of drug-likeness (QED) is 0.737. The molecule has 0 bridgehead atoms. The molecular weight excluding hydrogens is 397 g/mol. The molecule has 154 valence electrons. The molecule has 4 rings (SSSR count). The van der Waals surface area contributed by atoms with Crippen LogP contribution in [0.5, 0.6) is 0 Å². The molecule has 0 spiro atoms. The summed E-state index contributed by atoms with van der Waals surface area (Å²) in [6.45, 7) is -0.246. The lowest BCUT2D eigenvalue weighted by molar-refractivity contribution is -0.175. The highest BCUT2D eigenvalue weighted by Crippen LogP contribution is 2.45. The SMILES string of the molecule is O=C(OCc1ccccc1)N1c2ccccc2NC(=O)C1(C#CC1CC1)C(F)(F)F. The van der Waals surface area contributed by atoms with Crippen LogP contribution in [0.15, 0.2) is 54.6 Å². The zero-order valence-electron chi connectivity index (χ0n) is 15.7. The molecule has 30 heavy (non-hydrogen) atoms. The molecule has 0 saturated heterocycles. The highest BCUT2D eigenvalue weighted by Gasteiger charge is 2.68. The summed E-state index contributed by atoms with van der Waals surface area (Å²) in [6, 6.07) is 14.3. The predicted octanol–water partition coefficient (Wildman–Crippen LogP) is 4.50. The third-order valence-electron chi connectivity index (χ3n) is 4.89. The fourth-order valence-corrected chi connectivity index (χ4v) is 3.16. The monoisotopic (exact) mass is 414 g/mol. The molecule has 1 fully saturated rings. The molecule has 1 N–H and O–H groups in total. The number of carbonyl (C=O) groups excluding carboxylic acids is 2. The van der Waals surface area contributed by atoms with Gasteiger partial charge in [0.25, 0.3) is 11.4 Å². The van der Waals surface area contributed by atoms with Crippen molar-refractivity contribution in [2.45, 2.75) is 31.2 Å². The van der Waals surface area contributed by atoms with Crippen molar-refractivity contribution in [2.24, 2.45) is 5.92 Å². The molecule has 1 aliphatic carbocycles. The minimum Gasteiger partial charge on any atom is -0.444 e. The first-order valence-electron chi connectivity index (χ1n) is 9.34. The van der Waals surface area contributed by atoms with Crippen LogP contribution in [0, 0.1) is 17.8 Å². The first-order valence-corrected chi connectivity index (χ1v) is 9.34. The number of rotatable bonds is 2. The topological polar surface area (TPSA) is 58.6 Å². The van der Waals surface area contributed by atoms with E-state index in [4.69, 9.17) is 4.74 Å². The van der Waals surface area contributed by atoms with Crippen LogP contribution >= 0.6 is 0 Å². The standard InChI is InChI=1S/C22H17F3N2O3/c23-22(24,25)21(13-12-15-10-11-15)19(28)26-17-8-4-5-9-18(17)27(21)20(29)30-14-16-6-2-1-3-7-16/h1-9,15H,10-11,14H2,(H,26,28). The van der Waals surface area contributed by atoms with E-state index in [9.17, 15) is 22.8 Å². The Balaban J connectivity index is 1.79. The van der Waals surface area contributed by atoms with Crippen molar-refractivity contribution in [1.29, 1.82) is 0 Å². The van der Waals surface area contributed by atoms with Gasteiger partial charge in [-0.15, -0.1) is 0 Å². The van der Waals surface area contributed by atoms with Crippen LogP contribution in [0.2, 0.25) is 0 Å². The average molecular weight is 414 g/mol. The number of nitrogens with zero attached hydrogens (tertiary/aromatic N) is 1. The van der Waals surface area contributed by atoms with E-state index in [1.807, 2.05) is 0 Å². The number of benzene rings is 2. The Morgan fingerprint density at radius 3 is 2.47 bits per heavy atom. The van der Waals surface area contributed by atoms with Gasteiger partial charge in [-0.3, -0.25) is 4.79 Å². The van der Waals surface area contributed by atoms with E-state index in [2.05, 4.69) is 17.2 Å². The van der Waals surface area contributed by atoms with Crippen molar-refractivity contribution in [3.05, 3.63) is 60.2 Å². The Bertz CT molecular complexity index is 1040. The number of hydrogen-bond donors (Lipinski definition) is 1. The highest BCUT2D eigenvalue weighted by atomic mass is 19.4. The fourth-order valence-electron chi connectivity index (χ4n) is 3.16. The lowest BCUT2D eigenvalue weighted by Crippen LogP contribution is -2.69. The van der Waals surface area contributed by atoms with Crippen molar-refractivity contribution in [2.75, 3.05) is 10.2 Å². The number of hydrogen-bond acceptors (Lipinski definition) is 3. The molecule has 1 atom stereocenters. The average Bonchev–Trinajstić information content (AvgIpc) is 3.54. The molecule has 1 heterocycles. The molecular formula is C22H17F3N2O3. The molecule has 0 radical (unpaired) electrons. The molecule has 2 aromatic carbocycles. The number of anilines is 2. The van der Waals surface area contributed by atoms with Crippen LogP contribution in [0.4, 0.5) is 29.3 Å². The van der Waals surface area contributed by atoms with E-state index < -0.39 is 23.7 Å². The number of carbonyl (C=O) groups is 2. The zero-order valence-corrected chi connectivity index (χ0v) is 15.7. The summed E-state index contributed by atoms with van der Waals surface area (Å²) in [5.74, 6) is 2.96. The second-order valence-corrected chi connectivity index (χ2v) is 7.10. The normalized spacial score (nSPS) is 20.5. The molecule has 2 aliphatic rings. The summed E-state index contributed by atoms with van der Waals surface area (Å²) < 4.78 is 48.3. The number of halogens is 3. The van der Waals surface area contributed by atoms with Gasteiger partial charge in [0.05, 0.1) is 11.4 Å². The lowest BCUT2D eigenvalue weighted by Gasteiger charge is -2.42. The van der Waals surface area contributed by atoms with Crippen molar-refractivity contribution < 1.29 is 27.5 Å². The Labute approximate surface area is 170 Å². The van der Waals surface area contributed by atoms with Crippen molar-refractivity contribution in [1.82, 2.24) is 0 Å². The van der Waals surface area contributed by atoms with Gasteiger partial charge >= 0.3 is 12.3 Å². The summed E-state index contributed by atoms with van der Waals surface area (Å²) >= 11 is 0. The van der Waals surface area contributed by atoms with Crippen LogP contribution in [-0.4, -0.2) is 23.7 Å². The smallest absolute Gasteiger partial charge is 0.433 e. The van der Waals surface area contributed by atoms with Gasteiger partial charge < -0.3 is 10.1 Å². The Morgan fingerprint density at radius 2 is 1.80 bits per heavy atom. The second kappa shape index (κ2) is 7.41. The maximum atomic E-state index is 14.4. The third-order valence-corrected chi connectivity index (χ3v) is 4.89. The van der Waals surface area contributed by atoms with Crippen LogP contribution < -0.4 is 10.2 Å². The fraction of sp³-hybridized carbons (Fsp3) is 0.273. The Morgan fingerprint density at radius 1 is 1.13 bits per heavy atom. The van der Waals surface area contributed by atoms with Gasteiger partial charge in [-0.1, -0.05) is 54.3 Å². The van der Waals surface area contributed by atoms with Crippen molar-refractivity contribution >= 4 is 23.4 Å². The summed E-state index contributed by atoms with van der Waals surface area (Å²) in [7, 11) is 0. The molecule has 1 unspecified atom stereocenters. The Hall–Kier alpha value is -3.47. The summed E-state index contributed by atoms with van der Waals surface area (Å²) in [5.41, 5.74) is -2.83. The Kier molecular flexibility index (Phi) is 4.90. The highest BCUT2D eigenvalue weighted by molar-refractivity contribution is 6.15. The lowest BCUT2D eigenvalue weighted by atomic mass is 9.91. The van der Waals surface area contributed by atoms with E-state index in [1.54, 1.807) is 36.4 Å². The van der Waals surface area contributed by atoms with Gasteiger partial charge in [0.1, 0.15) is 6.61 Å². The number of fused-ring (bicyclic) bond motifs is 1. The van der Waals surface area contributed by atoms with Gasteiger partial charge in [-0.2, -0.15) is 13.2 Å². The van der Waals surface area contributed by atoms with Crippen LogP contribution in [0.25, 0.3) is 0 Å². The van der Waals surface area contributed by atoms with E-state index in [0.717, 1.165) is 0 Å². The van der Waals surface area contributed by atoms with Gasteiger partial charge in [0.2, 0.25) is 0 Å². The first kappa shape index (κ1) is 19.8. The third kappa shape index (κ3) is 3.47. The largest absolute Gasteiger partial charge is 0.444 e. The van der Waals surface area contributed by atoms with E-state index in [1.165, 1.54) is 18.2 Å². The van der Waals surface area contributed by atoms with Crippen LogP contribution in [0.3, 0.4) is 0 Å². The van der Waals surface area contributed by atoms with Crippen molar-refractivity contribution in [3.63, 3.8) is 0 Å². The summed E-state index contributed by atoms with van der Waals surface area (Å²) in [6.07, 6.45) is -5.13. The van der Waals surface area contributed by atoms with Crippen LogP contribution in [-0.2, 0) is 16.1 Å². The maximum Gasteiger partial charge on any atom is 0.433 e. The number of ether oxygens (including phenoxy) is 1. The molecule has 1 aliphatic heterocycles. The summed E-state index contributed by atoms with van der Waals surface area (Å²) in [5, 5.41) is 2.25. The second-order valence-electron chi connectivity index (χ2n) is 7.10. The van der Waals surface area contributed by atoms with E-state index in [-0.39, 0.29) is 23.9 Å². The predicted molar refractivity (Wildman–Crippen MR) is 103 cm³/mol. The number of nitrogens with one attached hydrogen (secondary N) is 1. The van der Waals surface area contributed by atoms with E-state index >= 15 is 0 Å². The summed E-state index contributed by atoms with van der Waals surface area (Å²) in [4.78, 5) is 26.1. The molecule has 2 aromatic rings. The molecule has 2 amide bonds. The molecule has 5 nitrogen and oxygen atoms in total. The minimum atomic E-state index is -5.15. The first-order chi connectivity index (χ1) is 14.3. The number of alkyl halides is 3. The minimum absolute atomic E-state index is 0.0762. The van der Waals surface area contributed by atoms with Gasteiger partial charge in [-0.05, 0) is 30.5 Å². The van der Waals surface area contributed by atoms with Gasteiger partial charge in [0.15, 0.2) is 0 Å². The zero-order chi connectivity index (χ0) is 21.4. The number of amides is 2. The molecule has 0 aromatic heterocycles. The van der Waals surface area contributed by atoms with E-state index in [0.29, 0.717) is 23.3 Å². The molecule has 8 heteroatoms. The van der Waals surface area contributed by atoms with Gasteiger partial charge in [-0.25, -0.2) is 9.69 Å². The number of para-hydroxylation sites is 2. The van der Waals surface area contributed by atoms with Crippen LogP contribution in [0.1, 0.15) is 18.4 Å². The maximum absolute atomic E-state index is 14.4. The molecule has 1 saturated carbocycles. The van der Waals surface area contributed by atoms with Gasteiger partial charge in [0, 0.05) is 5.92 Å².